The smallest absolute Gasteiger partial charge is 0.151 e. The summed E-state index contributed by atoms with van der Waals surface area (Å²) in [5.41, 5.74) is 2.85. The van der Waals surface area contributed by atoms with E-state index in [0.717, 1.165) is 21.9 Å². The maximum absolute atomic E-state index is 10.9. The minimum atomic E-state index is 0.408. The molecule has 0 aliphatic heterocycles. The van der Waals surface area contributed by atoms with Crippen molar-refractivity contribution in [2.24, 2.45) is 0 Å². The Kier molecular flexibility index (Phi) is 3.02. The van der Waals surface area contributed by atoms with Crippen LogP contribution in [0.2, 0.25) is 0 Å². The zero-order chi connectivity index (χ0) is 13.9. The molecule has 0 heterocycles. The summed E-state index contributed by atoms with van der Waals surface area (Å²) in [6.07, 6.45) is 0.714. The van der Waals surface area contributed by atoms with E-state index >= 15 is 0 Å². The monoisotopic (exact) mass is 257 g/mol. The molecule has 0 unspecified atom stereocenters. The highest BCUT2D eigenvalue weighted by atomic mass is 16.1. The van der Waals surface area contributed by atoms with Gasteiger partial charge < -0.3 is 0 Å². The van der Waals surface area contributed by atoms with Crippen LogP contribution in [0, 0.1) is 11.3 Å². The third-order valence-electron chi connectivity index (χ3n) is 3.40. The van der Waals surface area contributed by atoms with Gasteiger partial charge in [-0.15, -0.1) is 0 Å². The molecule has 0 radical (unpaired) electrons. The Morgan fingerprint density at radius 1 is 0.950 bits per heavy atom. The quantitative estimate of drug-likeness (QED) is 0.646. The molecule has 0 saturated heterocycles. The lowest BCUT2D eigenvalue weighted by Crippen LogP contribution is -1.89. The van der Waals surface area contributed by atoms with E-state index in [1.807, 2.05) is 30.3 Å². The van der Waals surface area contributed by atoms with Gasteiger partial charge in [0.2, 0.25) is 0 Å². The van der Waals surface area contributed by atoms with Crippen LogP contribution in [0.15, 0.2) is 60.7 Å². The number of fused-ring (bicyclic) bond motifs is 1. The third kappa shape index (κ3) is 1.96. The molecule has 20 heavy (non-hydrogen) atoms. The van der Waals surface area contributed by atoms with E-state index in [1.54, 1.807) is 12.1 Å². The lowest BCUT2D eigenvalue weighted by molar-refractivity contribution is 0.112. The molecule has 0 aliphatic rings. The molecule has 2 heteroatoms. The standard InChI is InChI=1S/C18H11NO/c19-11-16-10-14(8-9-15(16)12-20)18-7-3-5-13-4-1-2-6-17(13)18/h1-10,12H. The Balaban J connectivity index is 2.26. The van der Waals surface area contributed by atoms with Gasteiger partial charge in [0, 0.05) is 5.56 Å². The molecule has 94 valence electrons. The van der Waals surface area contributed by atoms with Gasteiger partial charge in [-0.2, -0.15) is 5.26 Å². The average Bonchev–Trinajstić information content (AvgIpc) is 2.53. The summed E-state index contributed by atoms with van der Waals surface area (Å²) in [5, 5.41) is 11.4. The van der Waals surface area contributed by atoms with Crippen molar-refractivity contribution in [1.82, 2.24) is 0 Å². The van der Waals surface area contributed by atoms with E-state index in [1.165, 1.54) is 0 Å². The molecule has 0 aromatic heterocycles. The Bertz CT molecular complexity index is 838. The van der Waals surface area contributed by atoms with Crippen LogP contribution in [0.4, 0.5) is 0 Å². The van der Waals surface area contributed by atoms with Gasteiger partial charge in [0.05, 0.1) is 11.6 Å². The zero-order valence-corrected chi connectivity index (χ0v) is 10.7. The highest BCUT2D eigenvalue weighted by molar-refractivity contribution is 5.97. The van der Waals surface area contributed by atoms with Gasteiger partial charge in [0.25, 0.3) is 0 Å². The summed E-state index contributed by atoms with van der Waals surface area (Å²) in [4.78, 5) is 10.9. The van der Waals surface area contributed by atoms with Crippen LogP contribution in [-0.4, -0.2) is 6.29 Å². The predicted octanol–water partition coefficient (Wildman–Crippen LogP) is 4.19. The van der Waals surface area contributed by atoms with Gasteiger partial charge >= 0.3 is 0 Å². The Morgan fingerprint density at radius 3 is 2.55 bits per heavy atom. The van der Waals surface area contributed by atoms with Crippen molar-refractivity contribution in [3.8, 4) is 17.2 Å². The first-order valence-corrected chi connectivity index (χ1v) is 6.31. The average molecular weight is 257 g/mol. The van der Waals surface area contributed by atoms with Crippen molar-refractivity contribution in [3.63, 3.8) is 0 Å². The molecule has 3 aromatic rings. The highest BCUT2D eigenvalue weighted by Gasteiger charge is 2.07. The summed E-state index contributed by atoms with van der Waals surface area (Å²) < 4.78 is 0. The van der Waals surface area contributed by atoms with Crippen molar-refractivity contribution in [2.75, 3.05) is 0 Å². The number of benzene rings is 3. The van der Waals surface area contributed by atoms with E-state index in [0.29, 0.717) is 17.4 Å². The molecule has 3 rings (SSSR count). The Labute approximate surface area is 116 Å². The molecule has 0 N–H and O–H groups in total. The summed E-state index contributed by atoms with van der Waals surface area (Å²) in [5.74, 6) is 0. The predicted molar refractivity (Wildman–Crippen MR) is 79.5 cm³/mol. The van der Waals surface area contributed by atoms with Crippen LogP contribution in [0.5, 0.6) is 0 Å². The Hall–Kier alpha value is -2.92. The maximum Gasteiger partial charge on any atom is 0.151 e. The number of nitriles is 1. The summed E-state index contributed by atoms with van der Waals surface area (Å²) in [7, 11) is 0. The SMILES string of the molecule is N#Cc1cc(-c2cccc3ccccc23)ccc1C=O. The van der Waals surface area contributed by atoms with E-state index < -0.39 is 0 Å². The molecule has 3 aromatic carbocycles. The second kappa shape index (κ2) is 4.99. The number of carbonyl (C=O) groups is 1. The van der Waals surface area contributed by atoms with Crippen LogP contribution in [0.25, 0.3) is 21.9 Å². The fraction of sp³-hybridized carbons (Fsp3) is 0. The van der Waals surface area contributed by atoms with Crippen LogP contribution in [-0.2, 0) is 0 Å². The topological polar surface area (TPSA) is 40.9 Å². The highest BCUT2D eigenvalue weighted by Crippen LogP contribution is 2.29. The van der Waals surface area contributed by atoms with Gasteiger partial charge in [-0.05, 0) is 34.0 Å². The number of hydrogen-bond acceptors (Lipinski definition) is 2. The van der Waals surface area contributed by atoms with Crippen molar-refractivity contribution in [3.05, 3.63) is 71.8 Å². The van der Waals surface area contributed by atoms with E-state index in [-0.39, 0.29) is 0 Å². The van der Waals surface area contributed by atoms with Crippen LogP contribution in [0.1, 0.15) is 15.9 Å². The maximum atomic E-state index is 10.9. The largest absolute Gasteiger partial charge is 0.298 e. The van der Waals surface area contributed by atoms with Crippen molar-refractivity contribution >= 4 is 17.1 Å². The number of carbonyl (C=O) groups excluding carboxylic acids is 1. The number of aldehydes is 1. The van der Waals surface area contributed by atoms with Crippen molar-refractivity contribution in [1.29, 1.82) is 5.26 Å². The molecule has 2 nitrogen and oxygen atoms in total. The zero-order valence-electron chi connectivity index (χ0n) is 10.7. The fourth-order valence-corrected chi connectivity index (χ4v) is 2.40. The minimum Gasteiger partial charge on any atom is -0.298 e. The van der Waals surface area contributed by atoms with E-state index in [4.69, 9.17) is 5.26 Å². The van der Waals surface area contributed by atoms with Crippen LogP contribution in [0.3, 0.4) is 0 Å². The second-order valence-electron chi connectivity index (χ2n) is 4.56. The molecule has 0 spiro atoms. The van der Waals surface area contributed by atoms with Gasteiger partial charge in [0.1, 0.15) is 0 Å². The number of nitrogens with zero attached hydrogens (tertiary/aromatic N) is 1. The van der Waals surface area contributed by atoms with Gasteiger partial charge in [-0.1, -0.05) is 48.5 Å². The number of hydrogen-bond donors (Lipinski definition) is 0. The van der Waals surface area contributed by atoms with Gasteiger partial charge in [-0.25, -0.2) is 0 Å². The molecule has 0 saturated carbocycles. The lowest BCUT2D eigenvalue weighted by atomic mass is 9.95. The normalized spacial score (nSPS) is 10.2. The first-order chi connectivity index (χ1) is 9.83. The minimum absolute atomic E-state index is 0.408. The summed E-state index contributed by atoms with van der Waals surface area (Å²) >= 11 is 0. The molecule has 0 amide bonds. The molecule has 0 fully saturated rings. The Morgan fingerprint density at radius 2 is 1.75 bits per heavy atom. The van der Waals surface area contributed by atoms with Crippen molar-refractivity contribution in [2.45, 2.75) is 0 Å². The number of rotatable bonds is 2. The van der Waals surface area contributed by atoms with Crippen LogP contribution >= 0.6 is 0 Å². The third-order valence-corrected chi connectivity index (χ3v) is 3.40. The summed E-state index contributed by atoms with van der Waals surface area (Å²) in [6, 6.07) is 21.6. The van der Waals surface area contributed by atoms with E-state index in [9.17, 15) is 4.79 Å². The van der Waals surface area contributed by atoms with Crippen LogP contribution < -0.4 is 0 Å². The molecule has 0 bridgehead atoms. The van der Waals surface area contributed by atoms with E-state index in [2.05, 4.69) is 24.3 Å². The second-order valence-corrected chi connectivity index (χ2v) is 4.56. The first kappa shape index (κ1) is 12.1. The van der Waals surface area contributed by atoms with Gasteiger partial charge in [0.15, 0.2) is 6.29 Å². The lowest BCUT2D eigenvalue weighted by Gasteiger charge is -2.08. The summed E-state index contributed by atoms with van der Waals surface area (Å²) in [6.45, 7) is 0. The molecule has 0 atom stereocenters. The molecule has 0 aliphatic carbocycles. The van der Waals surface area contributed by atoms with Crippen molar-refractivity contribution < 1.29 is 4.79 Å². The molecular formula is C18H11NO. The fourth-order valence-electron chi connectivity index (χ4n) is 2.40. The molecular weight excluding hydrogens is 246 g/mol. The first-order valence-electron chi connectivity index (χ1n) is 6.31. The van der Waals surface area contributed by atoms with Gasteiger partial charge in [-0.3, -0.25) is 4.79 Å².